The number of aromatic nitrogens is 3. The Morgan fingerprint density at radius 3 is 2.94 bits per heavy atom. The van der Waals surface area contributed by atoms with Crippen LogP contribution >= 0.6 is 0 Å². The zero-order valence-electron chi connectivity index (χ0n) is 11.0. The Labute approximate surface area is 106 Å². The van der Waals surface area contributed by atoms with Crippen LogP contribution in [0.25, 0.3) is 5.65 Å². The average molecular weight is 248 g/mol. The largest absolute Gasteiger partial charge is 0.350 e. The van der Waals surface area contributed by atoms with Gasteiger partial charge in [0.25, 0.3) is 0 Å². The van der Waals surface area contributed by atoms with Gasteiger partial charge in [-0.15, -0.1) is 5.10 Å². The molecule has 1 N–H and O–H groups in total. The van der Waals surface area contributed by atoms with E-state index in [1.165, 1.54) is 4.68 Å². The van der Waals surface area contributed by atoms with E-state index in [0.717, 1.165) is 19.5 Å². The van der Waals surface area contributed by atoms with E-state index in [9.17, 15) is 4.79 Å². The van der Waals surface area contributed by atoms with E-state index in [1.807, 2.05) is 18.2 Å². The number of hydrogen-bond donors (Lipinski definition) is 1. The molecule has 0 saturated carbocycles. The molecule has 2 aromatic heterocycles. The molecule has 0 aliphatic carbocycles. The highest BCUT2D eigenvalue weighted by Gasteiger charge is 2.04. The van der Waals surface area contributed by atoms with Crippen molar-refractivity contribution in [1.29, 1.82) is 0 Å². The number of aryl methyl sites for hydroxylation is 1. The Morgan fingerprint density at radius 1 is 1.39 bits per heavy atom. The maximum Gasteiger partial charge on any atom is 0.350 e. The lowest BCUT2D eigenvalue weighted by molar-refractivity contribution is 0.500. The zero-order chi connectivity index (χ0) is 13.0. The van der Waals surface area contributed by atoms with E-state index >= 15 is 0 Å². The normalized spacial score (nSPS) is 11.5. The molecule has 0 amide bonds. The summed E-state index contributed by atoms with van der Waals surface area (Å²) in [6.07, 6.45) is 2.66. The fourth-order valence-corrected chi connectivity index (χ4v) is 1.86. The highest BCUT2D eigenvalue weighted by Crippen LogP contribution is 1.95. The number of hydrogen-bond acceptors (Lipinski definition) is 3. The fraction of sp³-hybridized carbons (Fsp3) is 0.538. The quantitative estimate of drug-likeness (QED) is 0.780. The van der Waals surface area contributed by atoms with Crippen LogP contribution in [-0.4, -0.2) is 27.3 Å². The smallest absolute Gasteiger partial charge is 0.316 e. The van der Waals surface area contributed by atoms with Crippen molar-refractivity contribution >= 4 is 5.65 Å². The fourth-order valence-electron chi connectivity index (χ4n) is 1.86. The summed E-state index contributed by atoms with van der Waals surface area (Å²) in [6, 6.07) is 5.57. The predicted molar refractivity (Wildman–Crippen MR) is 71.8 cm³/mol. The second kappa shape index (κ2) is 5.82. The minimum atomic E-state index is -0.0607. The lowest BCUT2D eigenvalue weighted by Crippen LogP contribution is -2.25. The Bertz CT molecular complexity index is 555. The molecule has 2 aromatic rings. The summed E-state index contributed by atoms with van der Waals surface area (Å²) in [5.41, 5.74) is 0.645. The van der Waals surface area contributed by atoms with Gasteiger partial charge < -0.3 is 5.32 Å². The summed E-state index contributed by atoms with van der Waals surface area (Å²) in [4.78, 5) is 11.9. The second-order valence-corrected chi connectivity index (χ2v) is 4.89. The third-order valence-corrected chi connectivity index (χ3v) is 2.76. The van der Waals surface area contributed by atoms with Crippen LogP contribution in [0.15, 0.2) is 29.2 Å². The molecule has 5 heteroatoms. The summed E-state index contributed by atoms with van der Waals surface area (Å²) in [7, 11) is 0. The Morgan fingerprint density at radius 2 is 2.22 bits per heavy atom. The van der Waals surface area contributed by atoms with Crippen molar-refractivity contribution < 1.29 is 0 Å². The van der Waals surface area contributed by atoms with E-state index < -0.39 is 0 Å². The molecule has 5 nitrogen and oxygen atoms in total. The SMILES string of the molecule is CC(C)CNCCCn1nc2ccccn2c1=O. The summed E-state index contributed by atoms with van der Waals surface area (Å²) in [5.74, 6) is 0.655. The molecule has 0 aliphatic heterocycles. The first-order valence-corrected chi connectivity index (χ1v) is 6.43. The van der Waals surface area contributed by atoms with Gasteiger partial charge in [0, 0.05) is 12.7 Å². The average Bonchev–Trinajstić information content (AvgIpc) is 2.66. The number of rotatable bonds is 6. The van der Waals surface area contributed by atoms with Crippen molar-refractivity contribution in [1.82, 2.24) is 19.5 Å². The van der Waals surface area contributed by atoms with Crippen molar-refractivity contribution in [2.75, 3.05) is 13.1 Å². The van der Waals surface area contributed by atoms with Crippen molar-refractivity contribution in [2.24, 2.45) is 5.92 Å². The first-order valence-electron chi connectivity index (χ1n) is 6.43. The van der Waals surface area contributed by atoms with Gasteiger partial charge in [0.1, 0.15) is 0 Å². The lowest BCUT2D eigenvalue weighted by atomic mass is 10.2. The summed E-state index contributed by atoms with van der Waals surface area (Å²) >= 11 is 0. The number of pyridine rings is 1. The van der Waals surface area contributed by atoms with E-state index in [2.05, 4.69) is 24.3 Å². The Balaban J connectivity index is 1.92. The molecule has 0 aromatic carbocycles. The zero-order valence-corrected chi connectivity index (χ0v) is 11.0. The van der Waals surface area contributed by atoms with Crippen LogP contribution in [0.5, 0.6) is 0 Å². The molecule has 98 valence electrons. The molecular formula is C13H20N4O. The molecule has 18 heavy (non-hydrogen) atoms. The summed E-state index contributed by atoms with van der Waals surface area (Å²) < 4.78 is 3.11. The number of nitrogens with one attached hydrogen (secondary N) is 1. The summed E-state index contributed by atoms with van der Waals surface area (Å²) in [5, 5.41) is 7.64. The topological polar surface area (TPSA) is 51.3 Å². The van der Waals surface area contributed by atoms with E-state index in [1.54, 1.807) is 10.6 Å². The van der Waals surface area contributed by atoms with E-state index in [-0.39, 0.29) is 5.69 Å². The van der Waals surface area contributed by atoms with Crippen LogP contribution in [0, 0.1) is 5.92 Å². The van der Waals surface area contributed by atoms with Gasteiger partial charge in [0.05, 0.1) is 0 Å². The summed E-state index contributed by atoms with van der Waals surface area (Å²) in [6.45, 7) is 6.95. The molecule has 2 rings (SSSR count). The number of fused-ring (bicyclic) bond motifs is 1. The minimum absolute atomic E-state index is 0.0607. The molecule has 0 spiro atoms. The standard InChI is InChI=1S/C13H20N4O/c1-11(2)10-14-7-5-9-17-13(18)16-8-4-3-6-12(16)15-17/h3-4,6,8,11,14H,5,7,9-10H2,1-2H3. The predicted octanol–water partition coefficient (Wildman–Crippen LogP) is 1.13. The highest BCUT2D eigenvalue weighted by atomic mass is 16.2. The van der Waals surface area contributed by atoms with Crippen LogP contribution in [0.2, 0.25) is 0 Å². The second-order valence-electron chi connectivity index (χ2n) is 4.89. The van der Waals surface area contributed by atoms with Crippen molar-refractivity contribution in [3.63, 3.8) is 0 Å². The van der Waals surface area contributed by atoms with Crippen molar-refractivity contribution in [3.05, 3.63) is 34.9 Å². The molecule has 0 bridgehead atoms. The van der Waals surface area contributed by atoms with Crippen LogP contribution < -0.4 is 11.0 Å². The van der Waals surface area contributed by atoms with Crippen molar-refractivity contribution in [3.8, 4) is 0 Å². The maximum absolute atomic E-state index is 11.9. The van der Waals surface area contributed by atoms with Gasteiger partial charge in [0.2, 0.25) is 0 Å². The van der Waals surface area contributed by atoms with Crippen LogP contribution in [0.1, 0.15) is 20.3 Å². The molecule has 0 saturated heterocycles. The van der Waals surface area contributed by atoms with Gasteiger partial charge >= 0.3 is 5.69 Å². The maximum atomic E-state index is 11.9. The van der Waals surface area contributed by atoms with Gasteiger partial charge in [-0.3, -0.25) is 4.40 Å². The van der Waals surface area contributed by atoms with Crippen LogP contribution in [0.4, 0.5) is 0 Å². The van der Waals surface area contributed by atoms with Gasteiger partial charge in [-0.1, -0.05) is 19.9 Å². The molecule has 0 radical (unpaired) electrons. The molecule has 2 heterocycles. The van der Waals surface area contributed by atoms with Gasteiger partial charge in [-0.2, -0.15) is 0 Å². The van der Waals surface area contributed by atoms with Gasteiger partial charge in [0.15, 0.2) is 5.65 Å². The Kier molecular flexibility index (Phi) is 4.15. The third kappa shape index (κ3) is 2.98. The number of nitrogens with zero attached hydrogens (tertiary/aromatic N) is 3. The molecule has 0 unspecified atom stereocenters. The van der Waals surface area contributed by atoms with Crippen LogP contribution in [0.3, 0.4) is 0 Å². The molecule has 0 atom stereocenters. The lowest BCUT2D eigenvalue weighted by Gasteiger charge is -2.06. The molecule has 0 fully saturated rings. The molecular weight excluding hydrogens is 228 g/mol. The monoisotopic (exact) mass is 248 g/mol. The van der Waals surface area contributed by atoms with E-state index in [0.29, 0.717) is 18.1 Å². The molecule has 0 aliphatic rings. The van der Waals surface area contributed by atoms with Crippen LogP contribution in [-0.2, 0) is 6.54 Å². The first-order chi connectivity index (χ1) is 8.68. The van der Waals surface area contributed by atoms with Crippen molar-refractivity contribution in [2.45, 2.75) is 26.8 Å². The highest BCUT2D eigenvalue weighted by molar-refractivity contribution is 5.35. The van der Waals surface area contributed by atoms with Gasteiger partial charge in [-0.05, 0) is 37.6 Å². The minimum Gasteiger partial charge on any atom is -0.316 e. The third-order valence-electron chi connectivity index (χ3n) is 2.76. The van der Waals surface area contributed by atoms with Gasteiger partial charge in [-0.25, -0.2) is 9.48 Å². The Hall–Kier alpha value is -1.62. The van der Waals surface area contributed by atoms with E-state index in [4.69, 9.17) is 0 Å². The first kappa shape index (κ1) is 12.8.